The van der Waals surface area contributed by atoms with E-state index in [-0.39, 0.29) is 16.7 Å². The summed E-state index contributed by atoms with van der Waals surface area (Å²) >= 11 is 5.99. The van der Waals surface area contributed by atoms with Crippen molar-refractivity contribution in [2.24, 2.45) is 0 Å². The van der Waals surface area contributed by atoms with Crippen LogP contribution in [0.4, 0.5) is 21.6 Å². The van der Waals surface area contributed by atoms with Crippen molar-refractivity contribution in [3.63, 3.8) is 0 Å². The summed E-state index contributed by atoms with van der Waals surface area (Å²) in [5.41, 5.74) is 0.317. The number of nitrogens with zero attached hydrogens (tertiary/aromatic N) is 4. The van der Waals surface area contributed by atoms with Crippen LogP contribution in [0.5, 0.6) is 0 Å². The Bertz CT molecular complexity index is 908. The molecule has 24 heavy (non-hydrogen) atoms. The molecule has 7 nitrogen and oxygen atoms in total. The van der Waals surface area contributed by atoms with Gasteiger partial charge in [-0.3, -0.25) is 15.1 Å². The molecule has 0 radical (unpaired) electrons. The topological polar surface area (TPSA) is 93.8 Å². The molecule has 1 N–H and O–H groups in total. The molecule has 0 aliphatic rings. The maximum Gasteiger partial charge on any atom is 0.295 e. The van der Waals surface area contributed by atoms with Crippen molar-refractivity contribution >= 4 is 28.8 Å². The first-order valence-corrected chi connectivity index (χ1v) is 7.06. The number of nitro benzene ring substituents is 1. The lowest BCUT2D eigenvalue weighted by Crippen LogP contribution is -2.01. The average Bonchev–Trinajstić information content (AvgIpc) is 2.56. The Morgan fingerprint density at radius 2 is 2.04 bits per heavy atom. The van der Waals surface area contributed by atoms with E-state index in [1.165, 1.54) is 12.1 Å². The van der Waals surface area contributed by atoms with E-state index in [9.17, 15) is 14.5 Å². The third kappa shape index (κ3) is 3.44. The number of rotatable bonds is 4. The molecule has 0 spiro atoms. The van der Waals surface area contributed by atoms with Crippen molar-refractivity contribution in [2.75, 3.05) is 5.32 Å². The zero-order valence-corrected chi connectivity index (χ0v) is 12.7. The van der Waals surface area contributed by atoms with Gasteiger partial charge in [0.1, 0.15) is 22.5 Å². The van der Waals surface area contributed by atoms with Crippen LogP contribution in [0.1, 0.15) is 0 Å². The number of hydrogen-bond donors (Lipinski definition) is 1. The van der Waals surface area contributed by atoms with Crippen molar-refractivity contribution in [3.05, 3.63) is 69.9 Å². The van der Waals surface area contributed by atoms with Gasteiger partial charge in [0.2, 0.25) is 0 Å². The minimum atomic E-state index is -0.705. The molecule has 9 heteroatoms. The third-order valence-corrected chi connectivity index (χ3v) is 3.23. The van der Waals surface area contributed by atoms with Gasteiger partial charge < -0.3 is 5.32 Å². The van der Waals surface area contributed by atoms with E-state index in [1.54, 1.807) is 24.5 Å². The highest BCUT2D eigenvalue weighted by molar-refractivity contribution is 6.29. The van der Waals surface area contributed by atoms with Crippen molar-refractivity contribution < 1.29 is 9.31 Å². The van der Waals surface area contributed by atoms with Crippen molar-refractivity contribution in [3.8, 4) is 11.4 Å². The first-order chi connectivity index (χ1) is 11.5. The Morgan fingerprint density at radius 3 is 2.75 bits per heavy atom. The maximum atomic E-state index is 13.2. The van der Waals surface area contributed by atoms with Gasteiger partial charge in [-0.15, -0.1) is 0 Å². The van der Waals surface area contributed by atoms with E-state index in [4.69, 9.17) is 11.6 Å². The summed E-state index contributed by atoms with van der Waals surface area (Å²) in [4.78, 5) is 22.7. The monoisotopic (exact) mass is 345 g/mol. The minimum absolute atomic E-state index is 0.0910. The number of pyridine rings is 1. The third-order valence-electron chi connectivity index (χ3n) is 3.03. The Kier molecular flexibility index (Phi) is 4.30. The fourth-order valence-electron chi connectivity index (χ4n) is 2.01. The molecule has 0 aliphatic carbocycles. The highest BCUT2D eigenvalue weighted by atomic mass is 35.5. The summed E-state index contributed by atoms with van der Waals surface area (Å²) in [5.74, 6) is -0.157. The van der Waals surface area contributed by atoms with E-state index >= 15 is 0 Å². The molecule has 2 heterocycles. The number of anilines is 2. The van der Waals surface area contributed by atoms with Gasteiger partial charge in [-0.25, -0.2) is 14.4 Å². The highest BCUT2D eigenvalue weighted by Gasteiger charge is 2.16. The largest absolute Gasteiger partial charge is 0.334 e. The van der Waals surface area contributed by atoms with Gasteiger partial charge in [0.05, 0.1) is 11.0 Å². The van der Waals surface area contributed by atoms with Crippen LogP contribution in [-0.2, 0) is 0 Å². The summed E-state index contributed by atoms with van der Waals surface area (Å²) < 4.78 is 13.2. The lowest BCUT2D eigenvalue weighted by Gasteiger charge is -2.08. The molecule has 0 saturated heterocycles. The van der Waals surface area contributed by atoms with Crippen LogP contribution in [0.3, 0.4) is 0 Å². The first-order valence-electron chi connectivity index (χ1n) is 6.69. The molecule has 3 rings (SSSR count). The van der Waals surface area contributed by atoms with Gasteiger partial charge in [-0.1, -0.05) is 11.6 Å². The van der Waals surface area contributed by atoms with E-state index in [1.807, 2.05) is 0 Å². The Morgan fingerprint density at radius 1 is 1.21 bits per heavy atom. The molecular formula is C15H9ClFN5O2. The summed E-state index contributed by atoms with van der Waals surface area (Å²) in [6.45, 7) is 0. The first kappa shape index (κ1) is 15.8. The number of benzene rings is 1. The van der Waals surface area contributed by atoms with Gasteiger partial charge in [-0.2, -0.15) is 0 Å². The van der Waals surface area contributed by atoms with Crippen LogP contribution < -0.4 is 5.32 Å². The van der Waals surface area contributed by atoms with Gasteiger partial charge >= 0.3 is 0 Å². The van der Waals surface area contributed by atoms with E-state index in [0.717, 1.165) is 12.1 Å². The van der Waals surface area contributed by atoms with Crippen LogP contribution in [0.15, 0.2) is 48.8 Å². The number of hydrogen-bond acceptors (Lipinski definition) is 6. The highest BCUT2D eigenvalue weighted by Crippen LogP contribution is 2.29. The molecule has 0 unspecified atom stereocenters. The second kappa shape index (κ2) is 6.55. The molecular weight excluding hydrogens is 337 g/mol. The van der Waals surface area contributed by atoms with Crippen molar-refractivity contribution in [1.82, 2.24) is 15.0 Å². The van der Waals surface area contributed by atoms with E-state index in [0.29, 0.717) is 11.4 Å². The van der Waals surface area contributed by atoms with Gasteiger partial charge in [0.15, 0.2) is 5.82 Å². The zero-order valence-electron chi connectivity index (χ0n) is 12.0. The quantitative estimate of drug-likeness (QED) is 0.436. The van der Waals surface area contributed by atoms with Crippen LogP contribution >= 0.6 is 11.6 Å². The van der Waals surface area contributed by atoms with Gasteiger partial charge in [0.25, 0.3) is 5.69 Å². The number of halogens is 2. The Balaban J connectivity index is 2.00. The van der Waals surface area contributed by atoms with Crippen molar-refractivity contribution in [2.45, 2.75) is 0 Å². The summed E-state index contributed by atoms with van der Waals surface area (Å²) in [7, 11) is 0. The molecule has 0 aliphatic heterocycles. The molecule has 0 saturated carbocycles. The lowest BCUT2D eigenvalue weighted by atomic mass is 10.2. The Hall–Kier alpha value is -3.13. The zero-order chi connectivity index (χ0) is 17.1. The second-order valence-corrected chi connectivity index (χ2v) is 5.07. The number of nitro groups is 1. The average molecular weight is 346 g/mol. The smallest absolute Gasteiger partial charge is 0.295 e. The van der Waals surface area contributed by atoms with Crippen molar-refractivity contribution in [1.29, 1.82) is 0 Å². The van der Waals surface area contributed by atoms with Crippen LogP contribution in [0.2, 0.25) is 5.15 Å². The maximum absolute atomic E-state index is 13.2. The standard InChI is InChI=1S/C15H9ClFN5O2/c16-13-7-14(21-15(20-13)9-2-1-5-18-8-9)19-11-4-3-10(17)6-12(11)22(23)24/h1-8H,(H,19,20,21). The Labute approximate surface area is 140 Å². The fraction of sp³-hybridized carbons (Fsp3) is 0. The number of nitrogens with one attached hydrogen (secondary N) is 1. The van der Waals surface area contributed by atoms with E-state index in [2.05, 4.69) is 20.3 Å². The van der Waals surface area contributed by atoms with Gasteiger partial charge in [0, 0.05) is 24.0 Å². The SMILES string of the molecule is O=[N+]([O-])c1cc(F)ccc1Nc1cc(Cl)nc(-c2cccnc2)n1. The molecule has 2 aromatic heterocycles. The lowest BCUT2D eigenvalue weighted by molar-refractivity contribution is -0.384. The predicted octanol–water partition coefficient (Wildman–Crippen LogP) is 3.98. The minimum Gasteiger partial charge on any atom is -0.334 e. The molecule has 0 fully saturated rings. The second-order valence-electron chi connectivity index (χ2n) is 4.68. The molecule has 0 amide bonds. The molecule has 120 valence electrons. The summed E-state index contributed by atoms with van der Waals surface area (Å²) in [6.07, 6.45) is 3.17. The van der Waals surface area contributed by atoms with Crippen LogP contribution in [0, 0.1) is 15.9 Å². The molecule has 0 atom stereocenters. The predicted molar refractivity (Wildman–Crippen MR) is 86.6 cm³/mol. The number of aromatic nitrogens is 3. The van der Waals surface area contributed by atoms with Crippen LogP contribution in [0.25, 0.3) is 11.4 Å². The summed E-state index contributed by atoms with van der Waals surface area (Å²) in [6, 6.07) is 8.08. The fourth-order valence-corrected chi connectivity index (χ4v) is 2.19. The van der Waals surface area contributed by atoms with Crippen LogP contribution in [-0.4, -0.2) is 19.9 Å². The molecule has 0 bridgehead atoms. The normalized spacial score (nSPS) is 10.4. The van der Waals surface area contributed by atoms with E-state index < -0.39 is 16.4 Å². The molecule has 1 aromatic carbocycles. The molecule has 3 aromatic rings. The van der Waals surface area contributed by atoms with Gasteiger partial charge in [-0.05, 0) is 24.3 Å². The summed E-state index contributed by atoms with van der Waals surface area (Å²) in [5, 5.41) is 14.0.